The Hall–Kier alpha value is -0.910. The molecule has 0 saturated carbocycles. The smallest absolute Gasteiger partial charge is 0.199 e. The normalized spacial score (nSPS) is 20.8. The van der Waals surface area contributed by atoms with E-state index in [1.807, 2.05) is 0 Å². The highest BCUT2D eigenvalue weighted by atomic mass is 79.9. The molecule has 0 bridgehead atoms. The number of Topliss-reactive ketones (excluding diaryl/α,β-unsaturated/α-hetero) is 1. The highest BCUT2D eigenvalue weighted by Gasteiger charge is 2.26. The maximum absolute atomic E-state index is 12.0. The van der Waals surface area contributed by atoms with E-state index in [4.69, 9.17) is 9.15 Å². The van der Waals surface area contributed by atoms with E-state index in [9.17, 15) is 4.79 Å². The minimum atomic E-state index is 0.0145. The van der Waals surface area contributed by atoms with Gasteiger partial charge in [-0.05, 0) is 12.1 Å². The van der Waals surface area contributed by atoms with Crippen LogP contribution in [0.1, 0.15) is 17.0 Å². The summed E-state index contributed by atoms with van der Waals surface area (Å²) in [6.45, 7) is 6.68. The number of nitrogens with zero attached hydrogens (tertiary/aromatic N) is 1. The van der Waals surface area contributed by atoms with Gasteiger partial charge in [0.2, 0.25) is 0 Å². The molecule has 2 rings (SSSR count). The van der Waals surface area contributed by atoms with Crippen molar-refractivity contribution in [1.82, 2.24) is 4.90 Å². The summed E-state index contributed by atoms with van der Waals surface area (Å²) >= 11 is 3.36. The minimum Gasteiger partial charge on any atom is -0.461 e. The summed E-state index contributed by atoms with van der Waals surface area (Å²) in [6.07, 6.45) is 1.93. The van der Waals surface area contributed by atoms with Crippen LogP contribution in [0, 0.1) is 0 Å². The van der Waals surface area contributed by atoms with E-state index in [0.29, 0.717) is 25.4 Å². The summed E-state index contributed by atoms with van der Waals surface area (Å²) < 4.78 is 11.5. The molecule has 1 unspecified atom stereocenters. The number of hydrogen-bond acceptors (Lipinski definition) is 4. The molecule has 0 spiro atoms. The second-order valence-electron chi connectivity index (χ2n) is 4.32. The molecule has 1 saturated heterocycles. The number of carbonyl (C=O) groups is 1. The molecule has 4 nitrogen and oxygen atoms in total. The lowest BCUT2D eigenvalue weighted by atomic mass is 10.1. The lowest BCUT2D eigenvalue weighted by Crippen LogP contribution is -2.46. The molecule has 1 aromatic rings. The molecular weight excluding hydrogens is 298 g/mol. The van der Waals surface area contributed by atoms with E-state index in [-0.39, 0.29) is 11.8 Å². The van der Waals surface area contributed by atoms with Crippen molar-refractivity contribution in [2.75, 3.05) is 26.3 Å². The fourth-order valence-corrected chi connectivity index (χ4v) is 2.38. The first kappa shape index (κ1) is 13.5. The van der Waals surface area contributed by atoms with Gasteiger partial charge >= 0.3 is 0 Å². The van der Waals surface area contributed by atoms with Crippen LogP contribution in [-0.4, -0.2) is 43.0 Å². The Morgan fingerprint density at radius 1 is 1.61 bits per heavy atom. The highest BCUT2D eigenvalue weighted by Crippen LogP contribution is 2.17. The third-order valence-corrected chi connectivity index (χ3v) is 3.19. The van der Waals surface area contributed by atoms with E-state index in [1.165, 1.54) is 6.26 Å². The zero-order valence-corrected chi connectivity index (χ0v) is 11.7. The van der Waals surface area contributed by atoms with E-state index in [1.54, 1.807) is 12.1 Å². The number of halogens is 1. The molecule has 1 fully saturated rings. The second kappa shape index (κ2) is 6.31. The van der Waals surface area contributed by atoms with Gasteiger partial charge < -0.3 is 9.15 Å². The van der Waals surface area contributed by atoms with Crippen LogP contribution in [0.4, 0.5) is 0 Å². The molecule has 0 aromatic carbocycles. The number of rotatable bonds is 5. The van der Waals surface area contributed by atoms with Gasteiger partial charge in [0.15, 0.2) is 11.5 Å². The Balaban J connectivity index is 1.97. The zero-order chi connectivity index (χ0) is 13.0. The molecule has 0 amide bonds. The molecule has 0 radical (unpaired) electrons. The molecule has 98 valence electrons. The van der Waals surface area contributed by atoms with Gasteiger partial charge in [0.1, 0.15) is 0 Å². The van der Waals surface area contributed by atoms with Crippen molar-refractivity contribution in [3.8, 4) is 0 Å². The third-order valence-electron chi connectivity index (χ3n) is 2.94. The molecule has 1 aromatic heterocycles. The molecule has 0 N–H and O–H groups in total. The molecule has 18 heavy (non-hydrogen) atoms. The molecular formula is C13H16BrNO3. The van der Waals surface area contributed by atoms with Gasteiger partial charge in [-0.3, -0.25) is 9.69 Å². The lowest BCUT2D eigenvalue weighted by molar-refractivity contribution is -0.00351. The van der Waals surface area contributed by atoms with Gasteiger partial charge in [0, 0.05) is 30.0 Å². The maximum atomic E-state index is 12.0. The van der Waals surface area contributed by atoms with Crippen molar-refractivity contribution in [2.45, 2.75) is 12.5 Å². The van der Waals surface area contributed by atoms with Crippen LogP contribution in [0.3, 0.4) is 0 Å². The second-order valence-corrected chi connectivity index (χ2v) is 5.44. The summed E-state index contributed by atoms with van der Waals surface area (Å²) in [4.78, 5) is 14.2. The van der Waals surface area contributed by atoms with E-state index in [0.717, 1.165) is 17.6 Å². The van der Waals surface area contributed by atoms with Crippen molar-refractivity contribution in [3.05, 3.63) is 35.2 Å². The Morgan fingerprint density at radius 2 is 2.44 bits per heavy atom. The molecule has 2 heterocycles. The first-order valence-electron chi connectivity index (χ1n) is 5.88. The number of carbonyl (C=O) groups excluding carboxylic acids is 1. The van der Waals surface area contributed by atoms with E-state index in [2.05, 4.69) is 27.4 Å². The average Bonchev–Trinajstić information content (AvgIpc) is 2.84. The number of ether oxygens (including phenoxy) is 1. The van der Waals surface area contributed by atoms with Gasteiger partial charge in [-0.1, -0.05) is 22.5 Å². The largest absolute Gasteiger partial charge is 0.461 e. The van der Waals surface area contributed by atoms with Crippen LogP contribution in [0.2, 0.25) is 0 Å². The predicted octanol–water partition coefficient (Wildman–Crippen LogP) is 2.46. The van der Waals surface area contributed by atoms with Crippen LogP contribution < -0.4 is 0 Å². The first-order chi connectivity index (χ1) is 8.66. The monoisotopic (exact) mass is 313 g/mol. The summed E-state index contributed by atoms with van der Waals surface area (Å²) in [5, 5.41) is 0. The van der Waals surface area contributed by atoms with Crippen LogP contribution in [0.15, 0.2) is 33.9 Å². The van der Waals surface area contributed by atoms with Gasteiger partial charge in [-0.15, -0.1) is 0 Å². The Labute approximate surface area is 115 Å². The van der Waals surface area contributed by atoms with Crippen LogP contribution >= 0.6 is 15.9 Å². The Kier molecular flexibility index (Phi) is 4.74. The highest BCUT2D eigenvalue weighted by molar-refractivity contribution is 9.11. The van der Waals surface area contributed by atoms with E-state index >= 15 is 0 Å². The molecule has 0 aliphatic carbocycles. The van der Waals surface area contributed by atoms with Crippen LogP contribution in [-0.2, 0) is 4.74 Å². The third kappa shape index (κ3) is 3.54. The quantitative estimate of drug-likeness (QED) is 0.783. The molecule has 1 atom stereocenters. The van der Waals surface area contributed by atoms with Crippen molar-refractivity contribution in [3.63, 3.8) is 0 Å². The summed E-state index contributed by atoms with van der Waals surface area (Å²) in [5.74, 6) is 0.430. The summed E-state index contributed by atoms with van der Waals surface area (Å²) in [7, 11) is 0. The van der Waals surface area contributed by atoms with Crippen molar-refractivity contribution in [1.29, 1.82) is 0 Å². The minimum absolute atomic E-state index is 0.0145. The number of ketones is 1. The standard InChI is InChI=1S/C13H16BrNO3/c1-10(14)8-15-4-6-17-9-11(15)7-12(16)13-3-2-5-18-13/h2-3,5,11H,1,4,6-9H2. The molecule has 1 aliphatic heterocycles. The number of furan rings is 1. The topological polar surface area (TPSA) is 42.7 Å². The maximum Gasteiger partial charge on any atom is 0.199 e. The number of morpholine rings is 1. The Bertz CT molecular complexity index is 416. The fraction of sp³-hybridized carbons (Fsp3) is 0.462. The zero-order valence-electron chi connectivity index (χ0n) is 10.1. The fourth-order valence-electron chi connectivity index (χ4n) is 2.06. The van der Waals surface area contributed by atoms with Gasteiger partial charge in [0.25, 0.3) is 0 Å². The van der Waals surface area contributed by atoms with Gasteiger partial charge in [-0.2, -0.15) is 0 Å². The SMILES string of the molecule is C=C(Br)CN1CCOCC1CC(=O)c1ccco1. The van der Waals surface area contributed by atoms with Crippen LogP contribution in [0.25, 0.3) is 0 Å². The van der Waals surface area contributed by atoms with E-state index < -0.39 is 0 Å². The van der Waals surface area contributed by atoms with Gasteiger partial charge in [-0.25, -0.2) is 0 Å². The van der Waals surface area contributed by atoms with Crippen LogP contribution in [0.5, 0.6) is 0 Å². The summed E-state index contributed by atoms with van der Waals surface area (Å²) in [6, 6.07) is 3.51. The average molecular weight is 314 g/mol. The van der Waals surface area contributed by atoms with Crippen molar-refractivity contribution >= 4 is 21.7 Å². The van der Waals surface area contributed by atoms with Gasteiger partial charge in [0.05, 0.1) is 19.5 Å². The molecule has 5 heteroatoms. The Morgan fingerprint density at radius 3 is 3.11 bits per heavy atom. The molecule has 1 aliphatic rings. The summed E-state index contributed by atoms with van der Waals surface area (Å²) in [5.41, 5.74) is 0. The number of hydrogen-bond donors (Lipinski definition) is 0. The van der Waals surface area contributed by atoms with Crippen molar-refractivity contribution in [2.24, 2.45) is 0 Å². The van der Waals surface area contributed by atoms with Crippen molar-refractivity contribution < 1.29 is 13.9 Å². The lowest BCUT2D eigenvalue weighted by Gasteiger charge is -2.34. The first-order valence-corrected chi connectivity index (χ1v) is 6.68. The predicted molar refractivity (Wildman–Crippen MR) is 71.9 cm³/mol.